The van der Waals surface area contributed by atoms with Gasteiger partial charge in [0.2, 0.25) is 0 Å². The van der Waals surface area contributed by atoms with Gasteiger partial charge < -0.3 is 9.79 Å². The van der Waals surface area contributed by atoms with Crippen LogP contribution in [0.4, 0.5) is 0 Å². The molecule has 170 valence electrons. The standard InChI is InChI=1S/C26H22.H4O5P2/c1-5-13-22(14-6-1)21-26(23-15-7-2-8-16-23,24-17-9-3-10-18-24)25-19-11-4-12-20-25;1-6(2)5-7(3)4/h1-20H,21H2;6-7H,(H,1,2)(H,3,4). The first-order chi connectivity index (χ1) is 16.0. The van der Waals surface area contributed by atoms with Crippen LogP contribution in [0.2, 0.25) is 0 Å². The molecule has 2 N–H and O–H groups in total. The number of hydrogen-bond acceptors (Lipinski definition) is 3. The van der Waals surface area contributed by atoms with Gasteiger partial charge in [-0.05, 0) is 28.7 Å². The van der Waals surface area contributed by atoms with Gasteiger partial charge in [-0.3, -0.25) is 9.13 Å². The summed E-state index contributed by atoms with van der Waals surface area (Å²) < 4.78 is 22.3. The van der Waals surface area contributed by atoms with Gasteiger partial charge in [-0.2, -0.15) is 0 Å². The molecular weight excluding hydrogens is 454 g/mol. The summed E-state index contributed by atoms with van der Waals surface area (Å²) in [7, 11) is -6.40. The van der Waals surface area contributed by atoms with Gasteiger partial charge in [-0.15, -0.1) is 0 Å². The van der Waals surface area contributed by atoms with E-state index in [2.05, 4.69) is 126 Å². The van der Waals surface area contributed by atoms with Gasteiger partial charge in [0.1, 0.15) is 0 Å². The van der Waals surface area contributed by atoms with Crippen LogP contribution in [0.5, 0.6) is 0 Å². The smallest absolute Gasteiger partial charge is 0.323 e. The van der Waals surface area contributed by atoms with Gasteiger partial charge >= 0.3 is 16.5 Å². The van der Waals surface area contributed by atoms with E-state index in [4.69, 9.17) is 9.79 Å². The van der Waals surface area contributed by atoms with Gasteiger partial charge in [0.15, 0.2) is 0 Å². The molecular formula is C26H26O5P2. The first-order valence-corrected chi connectivity index (χ1v) is 12.9. The second kappa shape index (κ2) is 12.5. The highest BCUT2D eigenvalue weighted by atomic mass is 31.2. The fraction of sp³-hybridized carbons (Fsp3) is 0.0769. The van der Waals surface area contributed by atoms with E-state index in [0.29, 0.717) is 0 Å². The maximum absolute atomic E-state index is 9.44. The van der Waals surface area contributed by atoms with E-state index in [-0.39, 0.29) is 5.41 Å². The van der Waals surface area contributed by atoms with Gasteiger partial charge in [-0.25, -0.2) is 4.31 Å². The Bertz CT molecular complexity index is 1050. The van der Waals surface area contributed by atoms with Crippen molar-refractivity contribution in [3.05, 3.63) is 144 Å². The third-order valence-electron chi connectivity index (χ3n) is 5.29. The third-order valence-corrected chi connectivity index (χ3v) is 6.68. The Labute approximate surface area is 195 Å². The van der Waals surface area contributed by atoms with Gasteiger partial charge in [0, 0.05) is 5.41 Å². The molecule has 2 atom stereocenters. The third kappa shape index (κ3) is 6.85. The van der Waals surface area contributed by atoms with Crippen molar-refractivity contribution in [3.8, 4) is 0 Å². The molecule has 0 saturated heterocycles. The van der Waals surface area contributed by atoms with Crippen LogP contribution in [0.1, 0.15) is 22.3 Å². The molecule has 0 saturated carbocycles. The Hall–Kier alpha value is -2.78. The van der Waals surface area contributed by atoms with Gasteiger partial charge in [-0.1, -0.05) is 121 Å². The topological polar surface area (TPSA) is 83.8 Å². The molecule has 0 spiro atoms. The molecule has 7 heteroatoms. The second-order valence-electron chi connectivity index (χ2n) is 7.30. The summed E-state index contributed by atoms with van der Waals surface area (Å²) in [6, 6.07) is 43.4. The van der Waals surface area contributed by atoms with Crippen molar-refractivity contribution in [3.63, 3.8) is 0 Å². The van der Waals surface area contributed by atoms with Crippen molar-refractivity contribution >= 4 is 16.5 Å². The molecule has 0 amide bonds. The molecule has 33 heavy (non-hydrogen) atoms. The van der Waals surface area contributed by atoms with E-state index in [1.807, 2.05) is 0 Å². The summed E-state index contributed by atoms with van der Waals surface area (Å²) in [6.07, 6.45) is 0.922. The van der Waals surface area contributed by atoms with Crippen LogP contribution in [0.15, 0.2) is 121 Å². The summed E-state index contributed by atoms with van der Waals surface area (Å²) in [5, 5.41) is 0. The fourth-order valence-corrected chi connectivity index (χ4v) is 4.55. The molecule has 0 fully saturated rings. The first-order valence-electron chi connectivity index (χ1n) is 10.4. The van der Waals surface area contributed by atoms with E-state index >= 15 is 0 Å². The highest BCUT2D eigenvalue weighted by molar-refractivity contribution is 7.46. The van der Waals surface area contributed by atoms with E-state index in [9.17, 15) is 9.13 Å². The van der Waals surface area contributed by atoms with E-state index < -0.39 is 16.5 Å². The predicted molar refractivity (Wildman–Crippen MR) is 133 cm³/mol. The molecule has 4 rings (SSSR count). The van der Waals surface area contributed by atoms with Crippen molar-refractivity contribution < 1.29 is 23.2 Å². The average molecular weight is 480 g/mol. The van der Waals surface area contributed by atoms with E-state index in [1.54, 1.807) is 0 Å². The molecule has 2 unspecified atom stereocenters. The molecule has 0 heterocycles. The molecule has 0 aliphatic heterocycles. The van der Waals surface area contributed by atoms with Crippen LogP contribution >= 0.6 is 16.5 Å². The summed E-state index contributed by atoms with van der Waals surface area (Å²) in [4.78, 5) is 15.4. The van der Waals surface area contributed by atoms with Crippen molar-refractivity contribution in [2.45, 2.75) is 11.8 Å². The van der Waals surface area contributed by atoms with Crippen molar-refractivity contribution in [1.29, 1.82) is 0 Å². The number of rotatable bonds is 7. The van der Waals surface area contributed by atoms with Crippen LogP contribution in [0.3, 0.4) is 0 Å². The molecule has 5 nitrogen and oxygen atoms in total. The molecule has 0 aliphatic carbocycles. The van der Waals surface area contributed by atoms with Crippen LogP contribution in [-0.4, -0.2) is 9.79 Å². The van der Waals surface area contributed by atoms with Crippen molar-refractivity contribution in [2.75, 3.05) is 0 Å². The van der Waals surface area contributed by atoms with Gasteiger partial charge in [0.25, 0.3) is 0 Å². The van der Waals surface area contributed by atoms with Gasteiger partial charge in [0.05, 0.1) is 0 Å². The SMILES string of the molecule is O=[PH](O)O[PH](=O)O.c1ccc(CC(c2ccccc2)(c2ccccc2)c2ccccc2)cc1. The zero-order valence-corrected chi connectivity index (χ0v) is 19.9. The largest absolute Gasteiger partial charge is 0.326 e. The minimum Gasteiger partial charge on any atom is -0.326 e. The fourth-order valence-electron chi connectivity index (χ4n) is 3.95. The second-order valence-corrected chi connectivity index (χ2v) is 9.18. The Morgan fingerprint density at radius 2 is 0.848 bits per heavy atom. The lowest BCUT2D eigenvalue weighted by atomic mass is 9.66. The van der Waals surface area contributed by atoms with E-state index in [0.717, 1.165) is 6.42 Å². The van der Waals surface area contributed by atoms with Crippen molar-refractivity contribution in [1.82, 2.24) is 0 Å². The first kappa shape index (κ1) is 24.9. The molecule has 0 aromatic heterocycles. The average Bonchev–Trinajstić information content (AvgIpc) is 2.84. The predicted octanol–water partition coefficient (Wildman–Crippen LogP) is 6.03. The lowest BCUT2D eigenvalue weighted by molar-refractivity contribution is 0.371. The number of benzene rings is 4. The van der Waals surface area contributed by atoms with Crippen LogP contribution in [0.25, 0.3) is 0 Å². The Kier molecular flexibility index (Phi) is 9.38. The Balaban J connectivity index is 0.000000383. The minimum atomic E-state index is -3.20. The summed E-state index contributed by atoms with van der Waals surface area (Å²) >= 11 is 0. The zero-order valence-electron chi connectivity index (χ0n) is 17.9. The van der Waals surface area contributed by atoms with Crippen LogP contribution in [0, 0.1) is 0 Å². The molecule has 0 radical (unpaired) electrons. The number of hydrogen-bond donors (Lipinski definition) is 2. The zero-order chi connectivity index (χ0) is 23.5. The maximum atomic E-state index is 9.44. The lowest BCUT2D eigenvalue weighted by Crippen LogP contribution is -2.32. The normalized spacial score (nSPS) is 12.8. The van der Waals surface area contributed by atoms with E-state index in [1.165, 1.54) is 22.3 Å². The molecule has 4 aromatic carbocycles. The quantitative estimate of drug-likeness (QED) is 0.249. The summed E-state index contributed by atoms with van der Waals surface area (Å²) in [5.41, 5.74) is 5.08. The molecule has 0 bridgehead atoms. The van der Waals surface area contributed by atoms with Crippen molar-refractivity contribution in [2.24, 2.45) is 0 Å². The minimum absolute atomic E-state index is 0.217. The molecule has 0 aliphatic rings. The Morgan fingerprint density at radius 1 is 0.545 bits per heavy atom. The summed E-state index contributed by atoms with van der Waals surface area (Å²) in [5.74, 6) is 0. The lowest BCUT2D eigenvalue weighted by Gasteiger charge is -2.36. The maximum Gasteiger partial charge on any atom is 0.323 e. The Morgan fingerprint density at radius 3 is 1.12 bits per heavy atom. The highest BCUT2D eigenvalue weighted by Gasteiger charge is 2.36. The monoisotopic (exact) mass is 480 g/mol. The molecule has 4 aromatic rings. The highest BCUT2D eigenvalue weighted by Crippen LogP contribution is 2.42. The van der Waals surface area contributed by atoms with Crippen LogP contribution < -0.4 is 0 Å². The van der Waals surface area contributed by atoms with Crippen LogP contribution in [-0.2, 0) is 25.3 Å². The summed E-state index contributed by atoms with van der Waals surface area (Å²) in [6.45, 7) is 0.